The minimum atomic E-state index is -0.573. The first-order chi connectivity index (χ1) is 8.28. The van der Waals surface area contributed by atoms with E-state index in [1.165, 1.54) is 0 Å². The van der Waals surface area contributed by atoms with E-state index in [-0.39, 0.29) is 0 Å². The Morgan fingerprint density at radius 3 is 2.33 bits per heavy atom. The van der Waals surface area contributed by atoms with Gasteiger partial charge in [-0.05, 0) is 45.4 Å². The number of hydrogen-bond donors (Lipinski definition) is 1. The summed E-state index contributed by atoms with van der Waals surface area (Å²) in [5, 5.41) is 4.62. The van der Waals surface area contributed by atoms with Crippen LogP contribution in [0.2, 0.25) is 5.02 Å². The molecule has 0 unspecified atom stereocenters. The molecule has 5 heteroatoms. The lowest BCUT2D eigenvalue weighted by Gasteiger charge is -2.18. The number of rotatable bonds is 2. The maximum absolute atomic E-state index is 11.4. The summed E-state index contributed by atoms with van der Waals surface area (Å²) in [5.41, 5.74) is 3.37. The van der Waals surface area contributed by atoms with Gasteiger partial charge in [0.05, 0.1) is 5.71 Å². The van der Waals surface area contributed by atoms with Crippen LogP contribution in [-0.2, 0) is 4.74 Å². The summed E-state index contributed by atoms with van der Waals surface area (Å²) < 4.78 is 5.06. The van der Waals surface area contributed by atoms with Crippen molar-refractivity contribution in [3.8, 4) is 0 Å². The summed E-state index contributed by atoms with van der Waals surface area (Å²) in [4.78, 5) is 11.4. The van der Waals surface area contributed by atoms with E-state index in [4.69, 9.17) is 16.3 Å². The highest BCUT2D eigenvalue weighted by Gasteiger charge is 2.15. The number of hydrazone groups is 1. The Morgan fingerprint density at radius 2 is 1.83 bits per heavy atom. The first kappa shape index (κ1) is 14.5. The average Bonchev–Trinajstić information content (AvgIpc) is 2.24. The van der Waals surface area contributed by atoms with Crippen molar-refractivity contribution in [1.29, 1.82) is 0 Å². The first-order valence-electron chi connectivity index (χ1n) is 5.57. The molecule has 0 aliphatic rings. The molecule has 0 radical (unpaired) electrons. The first-order valence-corrected chi connectivity index (χ1v) is 5.95. The molecular weight excluding hydrogens is 252 g/mol. The average molecular weight is 269 g/mol. The molecule has 0 heterocycles. The lowest BCUT2D eigenvalue weighted by atomic mass is 10.1. The van der Waals surface area contributed by atoms with E-state index >= 15 is 0 Å². The molecule has 0 saturated carbocycles. The molecule has 1 N–H and O–H groups in total. The number of nitrogens with zero attached hydrogens (tertiary/aromatic N) is 1. The van der Waals surface area contributed by atoms with Crippen molar-refractivity contribution in [2.75, 3.05) is 0 Å². The van der Waals surface area contributed by atoms with Crippen molar-refractivity contribution in [1.82, 2.24) is 5.43 Å². The van der Waals surface area contributed by atoms with Crippen molar-refractivity contribution in [3.05, 3.63) is 34.9 Å². The molecule has 0 bridgehead atoms. The normalized spacial score (nSPS) is 12.2. The van der Waals surface area contributed by atoms with Crippen LogP contribution >= 0.6 is 11.6 Å². The van der Waals surface area contributed by atoms with Crippen LogP contribution in [0.1, 0.15) is 33.3 Å². The second kappa shape index (κ2) is 5.87. The van der Waals surface area contributed by atoms with Gasteiger partial charge >= 0.3 is 6.09 Å². The molecule has 0 aromatic heterocycles. The van der Waals surface area contributed by atoms with Gasteiger partial charge in [-0.3, -0.25) is 0 Å². The Labute approximate surface area is 112 Å². The second-order valence-electron chi connectivity index (χ2n) is 4.82. The predicted octanol–water partition coefficient (Wildman–Crippen LogP) is 3.59. The molecule has 1 amide bonds. The highest BCUT2D eigenvalue weighted by molar-refractivity contribution is 6.30. The molecule has 0 spiro atoms. The lowest BCUT2D eigenvalue weighted by molar-refractivity contribution is 0.0529. The zero-order valence-electron chi connectivity index (χ0n) is 11.0. The molecule has 1 aromatic carbocycles. The van der Waals surface area contributed by atoms with E-state index in [1.54, 1.807) is 39.8 Å². The van der Waals surface area contributed by atoms with Crippen LogP contribution in [0.25, 0.3) is 0 Å². The summed E-state index contributed by atoms with van der Waals surface area (Å²) in [7, 11) is 0. The maximum atomic E-state index is 11.4. The molecule has 4 nitrogen and oxygen atoms in total. The Morgan fingerprint density at radius 1 is 1.28 bits per heavy atom. The van der Waals surface area contributed by atoms with E-state index in [0.29, 0.717) is 10.7 Å². The van der Waals surface area contributed by atoms with Crippen molar-refractivity contribution >= 4 is 23.4 Å². The molecule has 1 aromatic rings. The number of carbonyl (C=O) groups is 1. The third-order valence-electron chi connectivity index (χ3n) is 1.98. The minimum Gasteiger partial charge on any atom is -0.443 e. The van der Waals surface area contributed by atoms with Crippen LogP contribution in [0.4, 0.5) is 4.79 Å². The molecule has 0 aliphatic carbocycles. The zero-order valence-corrected chi connectivity index (χ0v) is 11.7. The number of amides is 1. The fraction of sp³-hybridized carbons (Fsp3) is 0.385. The molecule has 0 fully saturated rings. The molecular formula is C13H17ClN2O2. The number of carbonyl (C=O) groups excluding carboxylic acids is 1. The summed E-state index contributed by atoms with van der Waals surface area (Å²) >= 11 is 5.79. The molecule has 18 heavy (non-hydrogen) atoms. The largest absolute Gasteiger partial charge is 0.443 e. The van der Waals surface area contributed by atoms with E-state index in [0.717, 1.165) is 5.56 Å². The third kappa shape index (κ3) is 5.19. The van der Waals surface area contributed by atoms with Gasteiger partial charge in [0.15, 0.2) is 0 Å². The zero-order chi connectivity index (χ0) is 13.8. The van der Waals surface area contributed by atoms with Gasteiger partial charge in [-0.2, -0.15) is 5.10 Å². The van der Waals surface area contributed by atoms with Gasteiger partial charge in [0.1, 0.15) is 5.60 Å². The van der Waals surface area contributed by atoms with Gasteiger partial charge in [-0.15, -0.1) is 0 Å². The molecule has 1 rings (SSSR count). The fourth-order valence-electron chi connectivity index (χ4n) is 1.19. The second-order valence-corrected chi connectivity index (χ2v) is 5.25. The van der Waals surface area contributed by atoms with Crippen LogP contribution in [0.5, 0.6) is 0 Å². The van der Waals surface area contributed by atoms with Crippen molar-refractivity contribution in [2.45, 2.75) is 33.3 Å². The van der Waals surface area contributed by atoms with Crippen molar-refractivity contribution in [3.63, 3.8) is 0 Å². The van der Waals surface area contributed by atoms with Crippen LogP contribution in [0, 0.1) is 0 Å². The van der Waals surface area contributed by atoms with E-state index < -0.39 is 11.7 Å². The Bertz CT molecular complexity index is 447. The van der Waals surface area contributed by atoms with Gasteiger partial charge in [0.25, 0.3) is 0 Å². The summed E-state index contributed by atoms with van der Waals surface area (Å²) in [6.07, 6.45) is -0.573. The highest BCUT2D eigenvalue weighted by Crippen LogP contribution is 2.10. The molecule has 0 atom stereocenters. The number of halogens is 1. The smallest absolute Gasteiger partial charge is 0.428 e. The fourth-order valence-corrected chi connectivity index (χ4v) is 1.31. The van der Waals surface area contributed by atoms with Gasteiger partial charge in [-0.25, -0.2) is 10.2 Å². The quantitative estimate of drug-likeness (QED) is 0.658. The van der Waals surface area contributed by atoms with Gasteiger partial charge < -0.3 is 4.74 Å². The van der Waals surface area contributed by atoms with Crippen LogP contribution in [0.3, 0.4) is 0 Å². The van der Waals surface area contributed by atoms with Gasteiger partial charge in [0.2, 0.25) is 0 Å². The molecule has 0 aliphatic heterocycles. The van der Waals surface area contributed by atoms with Crippen LogP contribution < -0.4 is 5.43 Å². The monoisotopic (exact) mass is 268 g/mol. The summed E-state index contributed by atoms with van der Waals surface area (Å²) in [6.45, 7) is 7.17. The third-order valence-corrected chi connectivity index (χ3v) is 2.23. The highest BCUT2D eigenvalue weighted by atomic mass is 35.5. The van der Waals surface area contributed by atoms with Gasteiger partial charge in [-0.1, -0.05) is 23.7 Å². The number of hydrogen-bond acceptors (Lipinski definition) is 3. The number of nitrogens with one attached hydrogen (secondary N) is 1. The van der Waals surface area contributed by atoms with E-state index in [1.807, 2.05) is 12.1 Å². The topological polar surface area (TPSA) is 50.7 Å². The van der Waals surface area contributed by atoms with E-state index in [9.17, 15) is 4.79 Å². The molecule has 98 valence electrons. The van der Waals surface area contributed by atoms with Crippen LogP contribution in [-0.4, -0.2) is 17.4 Å². The van der Waals surface area contributed by atoms with Gasteiger partial charge in [0, 0.05) is 5.02 Å². The minimum absolute atomic E-state index is 0.534. The van der Waals surface area contributed by atoms with E-state index in [2.05, 4.69) is 10.5 Å². The predicted molar refractivity (Wildman–Crippen MR) is 73.0 cm³/mol. The lowest BCUT2D eigenvalue weighted by Crippen LogP contribution is -2.30. The Balaban J connectivity index is 2.62. The SMILES string of the molecule is C/C(=N\NC(=O)OC(C)(C)C)c1ccc(Cl)cc1. The van der Waals surface area contributed by atoms with Crippen molar-refractivity contribution < 1.29 is 9.53 Å². The standard InChI is InChI=1S/C13H17ClN2O2/c1-9(10-5-7-11(14)8-6-10)15-16-12(17)18-13(2,3)4/h5-8H,1-4H3,(H,16,17)/b15-9+. The maximum Gasteiger partial charge on any atom is 0.428 e. The van der Waals surface area contributed by atoms with Crippen molar-refractivity contribution in [2.24, 2.45) is 5.10 Å². The summed E-state index contributed by atoms with van der Waals surface area (Å²) in [5.74, 6) is 0. The number of benzene rings is 1. The Kier molecular flexibility index (Phi) is 4.73. The summed E-state index contributed by atoms with van der Waals surface area (Å²) in [6, 6.07) is 7.20. The Hall–Kier alpha value is -1.55. The number of ether oxygens (including phenoxy) is 1. The van der Waals surface area contributed by atoms with Crippen LogP contribution in [0.15, 0.2) is 29.4 Å². The molecule has 0 saturated heterocycles.